The van der Waals surface area contributed by atoms with Gasteiger partial charge in [-0.15, -0.1) is 0 Å². The number of nitrogens with one attached hydrogen (secondary N) is 1. The molecule has 0 atom stereocenters. The molecule has 0 bridgehead atoms. The van der Waals surface area contributed by atoms with Gasteiger partial charge in [0.1, 0.15) is 12.4 Å². The number of amides is 2. The summed E-state index contributed by atoms with van der Waals surface area (Å²) in [5.41, 5.74) is 6.50. The lowest BCUT2D eigenvalue weighted by molar-refractivity contribution is -0.123. The fraction of sp³-hybridized carbons (Fsp3) is 0.235. The number of nitrogens with zero attached hydrogens (tertiary/aromatic N) is 2. The number of alkyl halides is 3. The van der Waals surface area contributed by atoms with E-state index < -0.39 is 24.5 Å². The molecule has 138 valence electrons. The Hall–Kier alpha value is -3.10. The normalized spacial score (nSPS) is 11.1. The summed E-state index contributed by atoms with van der Waals surface area (Å²) in [5, 5.41) is 1.81. The number of hydrogen-bond acceptors (Lipinski definition) is 4. The lowest BCUT2D eigenvalue weighted by atomic mass is 10.1. The summed E-state index contributed by atoms with van der Waals surface area (Å²) in [6.45, 7) is -1.02. The second-order valence-electron chi connectivity index (χ2n) is 5.59. The third-order valence-electron chi connectivity index (χ3n) is 3.50. The molecule has 26 heavy (non-hydrogen) atoms. The van der Waals surface area contributed by atoms with Crippen molar-refractivity contribution in [3.63, 3.8) is 0 Å². The SMILES string of the molecule is CN(Cc1ccc(C(=O)NCC(F)(F)F)cc1)c1ncccc1C(N)=O. The second kappa shape index (κ2) is 7.85. The summed E-state index contributed by atoms with van der Waals surface area (Å²) >= 11 is 0. The predicted molar refractivity (Wildman–Crippen MR) is 89.7 cm³/mol. The molecule has 9 heteroatoms. The van der Waals surface area contributed by atoms with Crippen LogP contribution >= 0.6 is 0 Å². The van der Waals surface area contributed by atoms with E-state index in [-0.39, 0.29) is 11.1 Å². The predicted octanol–water partition coefficient (Wildman–Crippen LogP) is 2.11. The van der Waals surface area contributed by atoms with E-state index in [0.717, 1.165) is 5.56 Å². The van der Waals surface area contributed by atoms with E-state index in [0.29, 0.717) is 12.4 Å². The molecule has 0 radical (unpaired) electrons. The molecule has 6 nitrogen and oxygen atoms in total. The fourth-order valence-corrected chi connectivity index (χ4v) is 2.29. The minimum absolute atomic E-state index is 0.122. The Morgan fingerprint density at radius 3 is 2.42 bits per heavy atom. The van der Waals surface area contributed by atoms with Gasteiger partial charge in [-0.05, 0) is 29.8 Å². The van der Waals surface area contributed by atoms with E-state index in [1.165, 1.54) is 18.3 Å². The van der Waals surface area contributed by atoms with Crippen molar-refractivity contribution in [1.29, 1.82) is 0 Å². The Bertz CT molecular complexity index is 791. The van der Waals surface area contributed by atoms with E-state index >= 15 is 0 Å². The summed E-state index contributed by atoms with van der Waals surface area (Å²) in [7, 11) is 1.72. The first-order valence-corrected chi connectivity index (χ1v) is 7.57. The van der Waals surface area contributed by atoms with Crippen molar-refractivity contribution in [1.82, 2.24) is 10.3 Å². The molecule has 0 spiro atoms. The quantitative estimate of drug-likeness (QED) is 0.820. The van der Waals surface area contributed by atoms with Crippen molar-refractivity contribution in [2.45, 2.75) is 12.7 Å². The monoisotopic (exact) mass is 366 g/mol. The van der Waals surface area contributed by atoms with Gasteiger partial charge >= 0.3 is 6.18 Å². The Labute approximate surface area is 147 Å². The Kier molecular flexibility index (Phi) is 5.81. The van der Waals surface area contributed by atoms with Crippen LogP contribution < -0.4 is 16.0 Å². The second-order valence-corrected chi connectivity index (χ2v) is 5.59. The number of carbonyl (C=O) groups excluding carboxylic acids is 2. The van der Waals surface area contributed by atoms with Crippen molar-refractivity contribution in [3.8, 4) is 0 Å². The molecule has 0 aliphatic carbocycles. The van der Waals surface area contributed by atoms with Gasteiger partial charge in [-0.1, -0.05) is 12.1 Å². The number of carbonyl (C=O) groups is 2. The number of aromatic nitrogens is 1. The maximum Gasteiger partial charge on any atom is 0.405 e. The average Bonchev–Trinajstić information content (AvgIpc) is 2.59. The summed E-state index contributed by atoms with van der Waals surface area (Å²) in [5.74, 6) is -0.994. The van der Waals surface area contributed by atoms with E-state index in [1.807, 2.05) is 5.32 Å². The summed E-state index contributed by atoms with van der Waals surface area (Å²) in [6.07, 6.45) is -2.93. The van der Waals surface area contributed by atoms with Gasteiger partial charge in [0.2, 0.25) is 0 Å². The van der Waals surface area contributed by atoms with Crippen molar-refractivity contribution in [3.05, 3.63) is 59.3 Å². The molecule has 0 fully saturated rings. The largest absolute Gasteiger partial charge is 0.405 e. The number of nitrogens with two attached hydrogens (primary N) is 1. The van der Waals surface area contributed by atoms with Crippen molar-refractivity contribution >= 4 is 17.6 Å². The van der Waals surface area contributed by atoms with Crippen molar-refractivity contribution < 1.29 is 22.8 Å². The molecule has 2 amide bonds. The molecule has 3 N–H and O–H groups in total. The third kappa shape index (κ3) is 5.20. The van der Waals surface area contributed by atoms with E-state index in [9.17, 15) is 22.8 Å². The van der Waals surface area contributed by atoms with Gasteiger partial charge < -0.3 is 16.0 Å². The van der Waals surface area contributed by atoms with Gasteiger partial charge in [-0.2, -0.15) is 13.2 Å². The zero-order chi connectivity index (χ0) is 19.3. The highest BCUT2D eigenvalue weighted by Crippen LogP contribution is 2.18. The number of rotatable bonds is 6. The minimum atomic E-state index is -4.46. The summed E-state index contributed by atoms with van der Waals surface area (Å²) in [4.78, 5) is 29.0. The molecule has 1 aromatic heterocycles. The van der Waals surface area contributed by atoms with Crippen LogP contribution in [0.25, 0.3) is 0 Å². The Morgan fingerprint density at radius 2 is 1.85 bits per heavy atom. The maximum atomic E-state index is 12.1. The number of anilines is 1. The molecule has 1 heterocycles. The van der Waals surface area contributed by atoms with E-state index in [4.69, 9.17) is 5.73 Å². The Morgan fingerprint density at radius 1 is 1.19 bits per heavy atom. The molecule has 1 aromatic carbocycles. The van der Waals surface area contributed by atoms with Crippen LogP contribution in [-0.4, -0.2) is 36.6 Å². The first-order chi connectivity index (χ1) is 12.2. The van der Waals surface area contributed by atoms with Crippen LogP contribution in [0.4, 0.5) is 19.0 Å². The molecule has 0 aliphatic rings. The van der Waals surface area contributed by atoms with Crippen LogP contribution in [0.15, 0.2) is 42.6 Å². The standard InChI is InChI=1S/C17H17F3N4O2/c1-24(15-13(14(21)25)3-2-8-22-15)9-11-4-6-12(7-5-11)16(26)23-10-17(18,19)20/h2-8H,9-10H2,1H3,(H2,21,25)(H,23,26). The van der Waals surface area contributed by atoms with E-state index in [1.54, 1.807) is 36.2 Å². The molecule has 2 aromatic rings. The van der Waals surface area contributed by atoms with Gasteiger partial charge in [-0.3, -0.25) is 9.59 Å². The number of pyridine rings is 1. The minimum Gasteiger partial charge on any atom is -0.365 e. The lowest BCUT2D eigenvalue weighted by Gasteiger charge is -2.20. The maximum absolute atomic E-state index is 12.1. The highest BCUT2D eigenvalue weighted by atomic mass is 19.4. The molecule has 0 saturated heterocycles. The van der Waals surface area contributed by atoms with Gasteiger partial charge in [0, 0.05) is 25.4 Å². The fourth-order valence-electron chi connectivity index (χ4n) is 2.29. The third-order valence-corrected chi connectivity index (χ3v) is 3.50. The average molecular weight is 366 g/mol. The zero-order valence-corrected chi connectivity index (χ0v) is 13.9. The van der Waals surface area contributed by atoms with Crippen LogP contribution in [0.3, 0.4) is 0 Å². The van der Waals surface area contributed by atoms with Crippen LogP contribution in [0.1, 0.15) is 26.3 Å². The highest BCUT2D eigenvalue weighted by molar-refractivity contribution is 5.97. The van der Waals surface area contributed by atoms with Gasteiger partial charge in [0.05, 0.1) is 5.56 Å². The molecular weight excluding hydrogens is 349 g/mol. The first kappa shape index (κ1) is 19.2. The molecule has 0 aliphatic heterocycles. The van der Waals surface area contributed by atoms with Gasteiger partial charge in [0.15, 0.2) is 0 Å². The summed E-state index contributed by atoms with van der Waals surface area (Å²) < 4.78 is 36.4. The number of benzene rings is 1. The lowest BCUT2D eigenvalue weighted by Crippen LogP contribution is -2.33. The van der Waals surface area contributed by atoms with Gasteiger partial charge in [0.25, 0.3) is 11.8 Å². The molecule has 0 saturated carbocycles. The van der Waals surface area contributed by atoms with Gasteiger partial charge in [-0.25, -0.2) is 4.98 Å². The van der Waals surface area contributed by atoms with Crippen LogP contribution in [0.5, 0.6) is 0 Å². The highest BCUT2D eigenvalue weighted by Gasteiger charge is 2.27. The summed E-state index contributed by atoms with van der Waals surface area (Å²) in [6, 6.07) is 9.27. The smallest absolute Gasteiger partial charge is 0.365 e. The van der Waals surface area contributed by atoms with Crippen molar-refractivity contribution in [2.24, 2.45) is 5.73 Å². The molecule has 0 unspecified atom stereocenters. The topological polar surface area (TPSA) is 88.3 Å². The van der Waals surface area contributed by atoms with Crippen LogP contribution in [0.2, 0.25) is 0 Å². The zero-order valence-electron chi connectivity index (χ0n) is 13.9. The van der Waals surface area contributed by atoms with Crippen molar-refractivity contribution in [2.75, 3.05) is 18.5 Å². The van der Waals surface area contributed by atoms with Crippen LogP contribution in [0, 0.1) is 0 Å². The number of primary amides is 1. The van der Waals surface area contributed by atoms with E-state index in [2.05, 4.69) is 4.98 Å². The molecular formula is C17H17F3N4O2. The molecule has 2 rings (SSSR count). The Balaban J connectivity index is 2.05. The van der Waals surface area contributed by atoms with Crippen LogP contribution in [-0.2, 0) is 6.54 Å². The number of hydrogen-bond donors (Lipinski definition) is 2. The number of halogens is 3. The first-order valence-electron chi connectivity index (χ1n) is 7.57.